The fraction of sp³-hybridized carbons (Fsp3) is 0.588. The molecule has 2 unspecified atom stereocenters. The van der Waals surface area contributed by atoms with Gasteiger partial charge in [0.15, 0.2) is 5.78 Å². The molecule has 1 aromatic carbocycles. The number of rotatable bonds is 4. The Kier molecular flexibility index (Phi) is 4.03. The molecule has 0 aromatic heterocycles. The van der Waals surface area contributed by atoms with Crippen LogP contribution in [-0.2, 0) is 16.0 Å². The second-order valence-corrected chi connectivity index (χ2v) is 6.92. The van der Waals surface area contributed by atoms with Gasteiger partial charge in [-0.05, 0) is 46.1 Å². The largest absolute Gasteiger partial charge is 0.369 e. The molecule has 2 atom stereocenters. The normalized spacial score (nSPS) is 25.4. The predicted octanol–water partition coefficient (Wildman–Crippen LogP) is 2.72. The van der Waals surface area contributed by atoms with Crippen LogP contribution < -0.4 is 5.73 Å². The summed E-state index contributed by atoms with van der Waals surface area (Å²) in [5.41, 5.74) is 6.55. The maximum Gasteiger partial charge on any atom is 0.155 e. The topological polar surface area (TPSA) is 52.3 Å². The SMILES string of the molecule is CC1(C)CC(C(=O)C(N)Cc2ccccc2)C(C)(C)O1. The molecule has 1 fully saturated rings. The first-order valence-corrected chi connectivity index (χ1v) is 7.25. The van der Waals surface area contributed by atoms with Gasteiger partial charge in [0.1, 0.15) is 0 Å². The van der Waals surface area contributed by atoms with Crippen LogP contribution in [0.2, 0.25) is 0 Å². The Labute approximate surface area is 121 Å². The fourth-order valence-electron chi connectivity index (χ4n) is 3.23. The van der Waals surface area contributed by atoms with E-state index in [1.165, 1.54) is 0 Å². The van der Waals surface area contributed by atoms with E-state index in [2.05, 4.69) is 0 Å². The minimum absolute atomic E-state index is 0.115. The maximum atomic E-state index is 12.6. The average molecular weight is 275 g/mol. The first-order valence-electron chi connectivity index (χ1n) is 7.25. The van der Waals surface area contributed by atoms with E-state index in [-0.39, 0.29) is 17.3 Å². The summed E-state index contributed by atoms with van der Waals surface area (Å²) in [5.74, 6) is -0.0133. The molecule has 0 saturated carbocycles. The quantitative estimate of drug-likeness (QED) is 0.919. The van der Waals surface area contributed by atoms with Gasteiger partial charge in [0.2, 0.25) is 0 Å². The second kappa shape index (κ2) is 5.30. The minimum atomic E-state index is -0.459. The minimum Gasteiger partial charge on any atom is -0.369 e. The van der Waals surface area contributed by atoms with E-state index in [9.17, 15) is 4.79 Å². The van der Waals surface area contributed by atoms with Gasteiger partial charge in [-0.25, -0.2) is 0 Å². The number of carbonyl (C=O) groups is 1. The van der Waals surface area contributed by atoms with Gasteiger partial charge in [0, 0.05) is 0 Å². The molecule has 0 amide bonds. The zero-order valence-electron chi connectivity index (χ0n) is 12.8. The van der Waals surface area contributed by atoms with Gasteiger partial charge >= 0.3 is 0 Å². The molecule has 1 aliphatic rings. The van der Waals surface area contributed by atoms with Crippen LogP contribution >= 0.6 is 0 Å². The highest BCUT2D eigenvalue weighted by Gasteiger charge is 2.49. The highest BCUT2D eigenvalue weighted by Crippen LogP contribution is 2.42. The van der Waals surface area contributed by atoms with Crippen LogP contribution in [0.15, 0.2) is 30.3 Å². The summed E-state index contributed by atoms with van der Waals surface area (Å²) in [7, 11) is 0. The van der Waals surface area contributed by atoms with Crippen molar-refractivity contribution >= 4 is 5.78 Å². The van der Waals surface area contributed by atoms with Crippen LogP contribution in [-0.4, -0.2) is 23.0 Å². The monoisotopic (exact) mass is 275 g/mol. The van der Waals surface area contributed by atoms with Gasteiger partial charge in [0.05, 0.1) is 23.2 Å². The summed E-state index contributed by atoms with van der Waals surface area (Å²) < 4.78 is 5.99. The Balaban J connectivity index is 2.07. The third kappa shape index (κ3) is 3.28. The molecule has 1 heterocycles. The summed E-state index contributed by atoms with van der Waals surface area (Å²) in [4.78, 5) is 12.6. The molecule has 1 aliphatic heterocycles. The summed E-state index contributed by atoms with van der Waals surface area (Å²) >= 11 is 0. The van der Waals surface area contributed by atoms with E-state index in [0.717, 1.165) is 12.0 Å². The van der Waals surface area contributed by atoms with Gasteiger partial charge in [0.25, 0.3) is 0 Å². The molecule has 110 valence electrons. The van der Waals surface area contributed by atoms with Gasteiger partial charge < -0.3 is 10.5 Å². The number of Topliss-reactive ketones (excluding diaryl/α,β-unsaturated/α-hetero) is 1. The van der Waals surface area contributed by atoms with Gasteiger partial charge in [-0.1, -0.05) is 30.3 Å². The lowest BCUT2D eigenvalue weighted by molar-refractivity contribution is -0.130. The Bertz CT molecular complexity index is 479. The third-order valence-electron chi connectivity index (χ3n) is 4.08. The molecule has 3 heteroatoms. The summed E-state index contributed by atoms with van der Waals surface area (Å²) in [6, 6.07) is 9.46. The number of hydrogen-bond acceptors (Lipinski definition) is 3. The molecule has 0 aliphatic carbocycles. The van der Waals surface area contributed by atoms with Crippen molar-refractivity contribution in [3.8, 4) is 0 Å². The van der Waals surface area contributed by atoms with Crippen molar-refractivity contribution in [2.45, 2.75) is 57.8 Å². The van der Waals surface area contributed by atoms with E-state index in [0.29, 0.717) is 6.42 Å². The summed E-state index contributed by atoms with van der Waals surface area (Å²) in [5, 5.41) is 0. The van der Waals surface area contributed by atoms with Crippen molar-refractivity contribution < 1.29 is 9.53 Å². The third-order valence-corrected chi connectivity index (χ3v) is 4.08. The molecule has 3 nitrogen and oxygen atoms in total. The maximum absolute atomic E-state index is 12.6. The van der Waals surface area contributed by atoms with Crippen LogP contribution in [0.1, 0.15) is 39.7 Å². The molecule has 1 saturated heterocycles. The van der Waals surface area contributed by atoms with E-state index < -0.39 is 11.6 Å². The summed E-state index contributed by atoms with van der Waals surface area (Å²) in [6.45, 7) is 8.04. The number of nitrogens with two attached hydrogens (primary N) is 1. The Morgan fingerprint density at radius 1 is 1.30 bits per heavy atom. The van der Waals surface area contributed by atoms with Crippen LogP contribution in [0.4, 0.5) is 0 Å². The highest BCUT2D eigenvalue weighted by molar-refractivity contribution is 5.87. The Morgan fingerprint density at radius 2 is 1.90 bits per heavy atom. The van der Waals surface area contributed by atoms with E-state index in [1.807, 2.05) is 58.0 Å². The second-order valence-electron chi connectivity index (χ2n) is 6.92. The van der Waals surface area contributed by atoms with Gasteiger partial charge in [-0.3, -0.25) is 4.79 Å². The number of ether oxygens (including phenoxy) is 1. The van der Waals surface area contributed by atoms with Crippen LogP contribution in [0.3, 0.4) is 0 Å². The molecule has 0 radical (unpaired) electrons. The molecule has 20 heavy (non-hydrogen) atoms. The van der Waals surface area contributed by atoms with Gasteiger partial charge in [-0.15, -0.1) is 0 Å². The average Bonchev–Trinajstić information content (AvgIpc) is 2.57. The Morgan fingerprint density at radius 3 is 2.40 bits per heavy atom. The van der Waals surface area contributed by atoms with E-state index >= 15 is 0 Å². The lowest BCUT2D eigenvalue weighted by atomic mass is 9.80. The molecular weight excluding hydrogens is 250 g/mol. The number of hydrogen-bond donors (Lipinski definition) is 1. The highest BCUT2D eigenvalue weighted by atomic mass is 16.5. The van der Waals surface area contributed by atoms with Gasteiger partial charge in [-0.2, -0.15) is 0 Å². The number of benzene rings is 1. The van der Waals surface area contributed by atoms with Crippen molar-refractivity contribution in [1.29, 1.82) is 0 Å². The molecule has 0 spiro atoms. The van der Waals surface area contributed by atoms with Crippen molar-refractivity contribution in [2.24, 2.45) is 11.7 Å². The van der Waals surface area contributed by atoms with Crippen molar-refractivity contribution in [1.82, 2.24) is 0 Å². The van der Waals surface area contributed by atoms with Crippen molar-refractivity contribution in [2.75, 3.05) is 0 Å². The lowest BCUT2D eigenvalue weighted by Gasteiger charge is -2.28. The first-order chi connectivity index (χ1) is 9.21. The molecular formula is C17H25NO2. The van der Waals surface area contributed by atoms with E-state index in [4.69, 9.17) is 10.5 Å². The lowest BCUT2D eigenvalue weighted by Crippen LogP contribution is -2.43. The van der Waals surface area contributed by atoms with E-state index in [1.54, 1.807) is 0 Å². The molecule has 0 bridgehead atoms. The van der Waals surface area contributed by atoms with Crippen LogP contribution in [0.5, 0.6) is 0 Å². The first kappa shape index (κ1) is 15.2. The summed E-state index contributed by atoms with van der Waals surface area (Å²) in [6.07, 6.45) is 1.33. The van der Waals surface area contributed by atoms with Crippen molar-refractivity contribution in [3.63, 3.8) is 0 Å². The molecule has 2 rings (SSSR count). The zero-order valence-corrected chi connectivity index (χ0v) is 12.8. The standard InChI is InChI=1S/C17H25NO2/c1-16(2)11-13(17(3,4)20-16)15(19)14(18)10-12-8-6-5-7-9-12/h5-9,13-14H,10-11,18H2,1-4H3. The number of carbonyl (C=O) groups excluding carboxylic acids is 1. The molecule has 2 N–H and O–H groups in total. The van der Waals surface area contributed by atoms with Crippen LogP contribution in [0, 0.1) is 5.92 Å². The zero-order chi connectivity index (χ0) is 15.0. The smallest absolute Gasteiger partial charge is 0.155 e. The Hall–Kier alpha value is -1.19. The number of ketones is 1. The molecule has 1 aromatic rings. The van der Waals surface area contributed by atoms with Crippen LogP contribution in [0.25, 0.3) is 0 Å². The van der Waals surface area contributed by atoms with Crippen molar-refractivity contribution in [3.05, 3.63) is 35.9 Å². The predicted molar refractivity (Wildman–Crippen MR) is 80.5 cm³/mol. The fourth-order valence-corrected chi connectivity index (χ4v) is 3.23.